The molecule has 8 nitrogen and oxygen atoms in total. The van der Waals surface area contributed by atoms with Crippen LogP contribution in [0.2, 0.25) is 0 Å². The summed E-state index contributed by atoms with van der Waals surface area (Å²) >= 11 is 1.49. The molecule has 1 heterocycles. The summed E-state index contributed by atoms with van der Waals surface area (Å²) in [6, 6.07) is 0. The maximum Gasteiger partial charge on any atom is 0.254 e. The molecule has 0 aliphatic heterocycles. The van der Waals surface area contributed by atoms with Gasteiger partial charge in [-0.15, -0.1) is 11.3 Å². The van der Waals surface area contributed by atoms with Gasteiger partial charge in [0.1, 0.15) is 5.00 Å². The van der Waals surface area contributed by atoms with Crippen LogP contribution in [-0.4, -0.2) is 81.0 Å². The van der Waals surface area contributed by atoms with Crippen molar-refractivity contribution >= 4 is 34.1 Å². The summed E-state index contributed by atoms with van der Waals surface area (Å²) in [5, 5.41) is 6.40. The largest absolute Gasteiger partial charge is 0.383 e. The maximum absolute atomic E-state index is 12.8. The number of anilines is 1. The third-order valence-corrected chi connectivity index (χ3v) is 6.39. The van der Waals surface area contributed by atoms with E-state index in [0.717, 1.165) is 31.2 Å². The second-order valence-corrected chi connectivity index (χ2v) is 8.56. The molecule has 0 atom stereocenters. The number of ether oxygens (including phenoxy) is 1. The third-order valence-electron chi connectivity index (χ3n) is 5.18. The number of amides is 3. The molecule has 1 aromatic rings. The fourth-order valence-corrected chi connectivity index (χ4v) is 4.93. The first-order valence-electron chi connectivity index (χ1n) is 10.6. The Hall–Kier alpha value is -1.97. The first kappa shape index (κ1) is 24.3. The molecule has 0 spiro atoms. The van der Waals surface area contributed by atoms with E-state index < -0.39 is 0 Å². The molecule has 0 bridgehead atoms. The maximum atomic E-state index is 12.8. The number of rotatable bonds is 11. The molecule has 30 heavy (non-hydrogen) atoms. The van der Waals surface area contributed by atoms with Gasteiger partial charge in [0.25, 0.3) is 5.91 Å². The quantitative estimate of drug-likeness (QED) is 0.514. The highest BCUT2D eigenvalue weighted by molar-refractivity contribution is 7.17. The average molecular weight is 439 g/mol. The van der Waals surface area contributed by atoms with E-state index in [4.69, 9.17) is 4.74 Å². The SMILES string of the molecule is CCN(CC)C(=O)CN(C)CC(=O)Nc1sc2c(c1C(=O)NCCOC)CCCC2. The van der Waals surface area contributed by atoms with Gasteiger partial charge in [0, 0.05) is 31.6 Å². The van der Waals surface area contributed by atoms with Crippen LogP contribution < -0.4 is 10.6 Å². The Morgan fingerprint density at radius 2 is 1.80 bits per heavy atom. The molecule has 0 radical (unpaired) electrons. The van der Waals surface area contributed by atoms with Crippen LogP contribution in [0.1, 0.15) is 47.5 Å². The zero-order valence-corrected chi connectivity index (χ0v) is 19.3. The van der Waals surface area contributed by atoms with Crippen molar-refractivity contribution < 1.29 is 19.1 Å². The number of fused-ring (bicyclic) bond motifs is 1. The Morgan fingerprint density at radius 1 is 1.10 bits per heavy atom. The topological polar surface area (TPSA) is 91.0 Å². The lowest BCUT2D eigenvalue weighted by atomic mass is 9.95. The van der Waals surface area contributed by atoms with Crippen LogP contribution in [0.25, 0.3) is 0 Å². The number of carbonyl (C=O) groups is 3. The van der Waals surface area contributed by atoms with Crippen LogP contribution in [0, 0.1) is 0 Å². The van der Waals surface area contributed by atoms with Crippen molar-refractivity contribution in [3.8, 4) is 0 Å². The van der Waals surface area contributed by atoms with Crippen molar-refractivity contribution in [3.63, 3.8) is 0 Å². The van der Waals surface area contributed by atoms with Gasteiger partial charge < -0.3 is 20.3 Å². The normalized spacial score (nSPS) is 13.1. The number of hydrogen-bond acceptors (Lipinski definition) is 6. The molecule has 168 valence electrons. The summed E-state index contributed by atoms with van der Waals surface area (Å²) in [7, 11) is 3.34. The van der Waals surface area contributed by atoms with Crippen LogP contribution >= 0.6 is 11.3 Å². The molecular formula is C21H34N4O4S. The molecule has 1 aliphatic carbocycles. The highest BCUT2D eigenvalue weighted by Crippen LogP contribution is 2.38. The second-order valence-electron chi connectivity index (χ2n) is 7.45. The van der Waals surface area contributed by atoms with E-state index in [0.29, 0.717) is 36.8 Å². The lowest BCUT2D eigenvalue weighted by Gasteiger charge is -2.22. The molecule has 2 rings (SSSR count). The monoisotopic (exact) mass is 438 g/mol. The van der Waals surface area contributed by atoms with Gasteiger partial charge >= 0.3 is 0 Å². The summed E-state index contributed by atoms with van der Waals surface area (Å²) in [6.45, 7) is 6.29. The molecule has 0 fully saturated rings. The second kappa shape index (κ2) is 12.0. The number of thiophene rings is 1. The van der Waals surface area contributed by atoms with Gasteiger partial charge in [-0.05, 0) is 52.1 Å². The van der Waals surface area contributed by atoms with Crippen LogP contribution in [0.5, 0.6) is 0 Å². The fraction of sp³-hybridized carbons (Fsp3) is 0.667. The number of carbonyl (C=O) groups excluding carboxylic acids is 3. The van der Waals surface area contributed by atoms with Gasteiger partial charge in [0.2, 0.25) is 11.8 Å². The van der Waals surface area contributed by atoms with E-state index >= 15 is 0 Å². The lowest BCUT2D eigenvalue weighted by molar-refractivity contribution is -0.132. The third kappa shape index (κ3) is 6.52. The van der Waals surface area contributed by atoms with Crippen LogP contribution in [0.15, 0.2) is 0 Å². The summed E-state index contributed by atoms with van der Waals surface area (Å²) in [5.41, 5.74) is 1.64. The first-order chi connectivity index (χ1) is 14.4. The summed E-state index contributed by atoms with van der Waals surface area (Å²) in [4.78, 5) is 42.3. The number of aryl methyl sites for hydroxylation is 1. The lowest BCUT2D eigenvalue weighted by Crippen LogP contribution is -2.41. The Balaban J connectivity index is 2.05. The van der Waals surface area contributed by atoms with Crippen LogP contribution in [0.4, 0.5) is 5.00 Å². The van der Waals surface area contributed by atoms with Gasteiger partial charge in [0.05, 0.1) is 25.3 Å². The molecular weight excluding hydrogens is 404 g/mol. The number of methoxy groups -OCH3 is 1. The van der Waals surface area contributed by atoms with E-state index in [1.165, 1.54) is 16.2 Å². The number of nitrogens with zero attached hydrogens (tertiary/aromatic N) is 2. The van der Waals surface area contributed by atoms with E-state index in [2.05, 4.69) is 10.6 Å². The molecule has 0 unspecified atom stereocenters. The van der Waals surface area contributed by atoms with Crippen molar-refractivity contribution in [1.82, 2.24) is 15.1 Å². The van der Waals surface area contributed by atoms with E-state index in [1.54, 1.807) is 24.0 Å². The zero-order chi connectivity index (χ0) is 22.1. The van der Waals surface area contributed by atoms with Gasteiger partial charge in [-0.1, -0.05) is 0 Å². The van der Waals surface area contributed by atoms with Crippen molar-refractivity contribution in [1.29, 1.82) is 0 Å². The van der Waals surface area contributed by atoms with E-state index in [1.807, 2.05) is 13.8 Å². The first-order valence-corrected chi connectivity index (χ1v) is 11.4. The van der Waals surface area contributed by atoms with Gasteiger partial charge in [-0.3, -0.25) is 19.3 Å². The summed E-state index contributed by atoms with van der Waals surface area (Å²) in [5.74, 6) is -0.402. The molecule has 3 amide bonds. The average Bonchev–Trinajstić information content (AvgIpc) is 3.06. The smallest absolute Gasteiger partial charge is 0.254 e. The summed E-state index contributed by atoms with van der Waals surface area (Å²) < 4.78 is 5.01. The van der Waals surface area contributed by atoms with E-state index in [-0.39, 0.29) is 30.8 Å². The van der Waals surface area contributed by atoms with Crippen molar-refractivity contribution in [2.24, 2.45) is 0 Å². The highest BCUT2D eigenvalue weighted by Gasteiger charge is 2.26. The Labute approximate surface area is 182 Å². The number of likely N-dealkylation sites (N-methyl/N-ethyl adjacent to an activating group) is 2. The predicted octanol–water partition coefficient (Wildman–Crippen LogP) is 1.74. The highest BCUT2D eigenvalue weighted by atomic mass is 32.1. The molecule has 0 aromatic carbocycles. The van der Waals surface area contributed by atoms with Gasteiger partial charge in [-0.2, -0.15) is 0 Å². The minimum absolute atomic E-state index is 0.0000904. The van der Waals surface area contributed by atoms with Crippen LogP contribution in [0.3, 0.4) is 0 Å². The summed E-state index contributed by atoms with van der Waals surface area (Å²) in [6.07, 6.45) is 3.94. The molecule has 2 N–H and O–H groups in total. The van der Waals surface area contributed by atoms with Crippen LogP contribution in [-0.2, 0) is 27.2 Å². The predicted molar refractivity (Wildman–Crippen MR) is 119 cm³/mol. The molecule has 0 saturated heterocycles. The van der Waals surface area contributed by atoms with Crippen molar-refractivity contribution in [2.75, 3.05) is 58.8 Å². The Bertz CT molecular complexity index is 746. The molecule has 0 saturated carbocycles. The fourth-order valence-electron chi connectivity index (χ4n) is 3.62. The molecule has 9 heteroatoms. The minimum Gasteiger partial charge on any atom is -0.383 e. The number of hydrogen-bond donors (Lipinski definition) is 2. The Kier molecular flexibility index (Phi) is 9.74. The van der Waals surface area contributed by atoms with Gasteiger partial charge in [-0.25, -0.2) is 0 Å². The zero-order valence-electron chi connectivity index (χ0n) is 18.5. The van der Waals surface area contributed by atoms with Gasteiger partial charge in [0.15, 0.2) is 0 Å². The Morgan fingerprint density at radius 3 is 2.47 bits per heavy atom. The van der Waals surface area contributed by atoms with Crippen molar-refractivity contribution in [2.45, 2.75) is 39.5 Å². The molecule has 1 aromatic heterocycles. The standard InChI is InChI=1S/C21H34N4O4S/c1-5-25(6-2)18(27)14-24(3)13-17(26)23-21-19(20(28)22-11-12-29-4)15-9-7-8-10-16(15)30-21/h5-14H2,1-4H3,(H,22,28)(H,23,26). The minimum atomic E-state index is -0.227. The van der Waals surface area contributed by atoms with E-state index in [9.17, 15) is 14.4 Å². The molecule has 1 aliphatic rings. The van der Waals surface area contributed by atoms with Crippen molar-refractivity contribution in [3.05, 3.63) is 16.0 Å². The number of nitrogens with one attached hydrogen (secondary N) is 2.